The van der Waals surface area contributed by atoms with Crippen molar-refractivity contribution >= 4 is 21.6 Å². The number of anilines is 1. The fraction of sp³-hybridized carbons (Fsp3) is 0.455. The lowest BCUT2D eigenvalue weighted by Gasteiger charge is -2.32. The minimum atomic E-state index is 0.678. The van der Waals surface area contributed by atoms with Crippen LogP contribution in [0.25, 0.3) is 0 Å². The molecule has 14 heavy (non-hydrogen) atoms. The summed E-state index contributed by atoms with van der Waals surface area (Å²) in [5.41, 5.74) is 2.92. The molecule has 0 spiro atoms. The number of benzene rings is 1. The molecule has 3 rings (SSSR count). The molecule has 2 aliphatic rings. The van der Waals surface area contributed by atoms with Gasteiger partial charge in [0.2, 0.25) is 0 Å². The summed E-state index contributed by atoms with van der Waals surface area (Å²) in [5.74, 6) is 0. The average molecular weight is 253 g/mol. The first-order valence-corrected chi connectivity index (χ1v) is 5.90. The summed E-state index contributed by atoms with van der Waals surface area (Å²) in [5, 5.41) is 3.45. The molecule has 0 saturated carbocycles. The minimum Gasteiger partial charge on any atom is -0.365 e. The van der Waals surface area contributed by atoms with Gasteiger partial charge >= 0.3 is 0 Å². The van der Waals surface area contributed by atoms with Crippen molar-refractivity contribution in [1.82, 2.24) is 5.32 Å². The van der Waals surface area contributed by atoms with Crippen molar-refractivity contribution in [3.63, 3.8) is 0 Å². The number of fused-ring (bicyclic) bond motifs is 3. The lowest BCUT2D eigenvalue weighted by atomic mass is 10.1. The van der Waals surface area contributed by atoms with Crippen LogP contribution in [0, 0.1) is 0 Å². The average Bonchev–Trinajstić information content (AvgIpc) is 2.59. The molecule has 1 aromatic carbocycles. The topological polar surface area (TPSA) is 15.3 Å². The molecule has 1 aromatic rings. The summed E-state index contributed by atoms with van der Waals surface area (Å²) in [6.45, 7) is 3.39. The van der Waals surface area contributed by atoms with Crippen molar-refractivity contribution in [2.24, 2.45) is 0 Å². The molecule has 0 amide bonds. The maximum absolute atomic E-state index is 3.63. The van der Waals surface area contributed by atoms with E-state index in [1.54, 1.807) is 0 Å². The van der Waals surface area contributed by atoms with Gasteiger partial charge in [-0.3, -0.25) is 0 Å². The first-order valence-electron chi connectivity index (χ1n) is 5.11. The van der Waals surface area contributed by atoms with Gasteiger partial charge in [0.1, 0.15) is 0 Å². The predicted molar refractivity (Wildman–Crippen MR) is 61.8 cm³/mol. The second-order valence-electron chi connectivity index (χ2n) is 3.99. The van der Waals surface area contributed by atoms with Crippen LogP contribution in [0.15, 0.2) is 22.7 Å². The van der Waals surface area contributed by atoms with E-state index >= 15 is 0 Å². The summed E-state index contributed by atoms with van der Waals surface area (Å²) in [6, 6.07) is 7.20. The van der Waals surface area contributed by atoms with Crippen LogP contribution in [0.3, 0.4) is 0 Å². The summed E-state index contributed by atoms with van der Waals surface area (Å²) in [7, 11) is 0. The van der Waals surface area contributed by atoms with E-state index in [1.165, 1.54) is 22.1 Å². The molecule has 0 bridgehead atoms. The van der Waals surface area contributed by atoms with Crippen molar-refractivity contribution in [2.45, 2.75) is 12.5 Å². The van der Waals surface area contributed by atoms with E-state index in [1.807, 2.05) is 0 Å². The first kappa shape index (κ1) is 8.74. The Labute approximate surface area is 92.4 Å². The molecule has 1 fully saturated rings. The smallest absolute Gasteiger partial charge is 0.0456 e. The summed E-state index contributed by atoms with van der Waals surface area (Å²) >= 11 is 3.63. The van der Waals surface area contributed by atoms with Crippen molar-refractivity contribution in [3.8, 4) is 0 Å². The minimum absolute atomic E-state index is 0.678. The molecular formula is C11H13BrN2. The third-order valence-corrected chi connectivity index (χ3v) is 3.94. The Balaban J connectivity index is 2.05. The lowest BCUT2D eigenvalue weighted by Crippen LogP contribution is -2.49. The van der Waals surface area contributed by atoms with Crippen molar-refractivity contribution in [1.29, 1.82) is 0 Å². The maximum atomic E-state index is 3.63. The van der Waals surface area contributed by atoms with Crippen LogP contribution in [-0.4, -0.2) is 25.7 Å². The molecule has 0 unspecified atom stereocenters. The Morgan fingerprint density at radius 3 is 3.29 bits per heavy atom. The fourth-order valence-corrected chi connectivity index (χ4v) is 3.03. The first-order chi connectivity index (χ1) is 6.86. The van der Waals surface area contributed by atoms with Gasteiger partial charge in [-0.25, -0.2) is 0 Å². The Morgan fingerprint density at radius 1 is 1.43 bits per heavy atom. The number of rotatable bonds is 0. The van der Waals surface area contributed by atoms with Gasteiger partial charge in [0, 0.05) is 35.8 Å². The van der Waals surface area contributed by atoms with Gasteiger partial charge in [0.25, 0.3) is 0 Å². The van der Waals surface area contributed by atoms with Crippen LogP contribution in [-0.2, 0) is 6.42 Å². The molecule has 2 heterocycles. The van der Waals surface area contributed by atoms with Gasteiger partial charge in [-0.1, -0.05) is 22.0 Å². The van der Waals surface area contributed by atoms with E-state index in [0.29, 0.717) is 6.04 Å². The molecule has 1 N–H and O–H groups in total. The van der Waals surface area contributed by atoms with E-state index in [9.17, 15) is 0 Å². The molecule has 3 heteroatoms. The zero-order valence-electron chi connectivity index (χ0n) is 7.96. The third-order valence-electron chi connectivity index (χ3n) is 3.19. The highest BCUT2D eigenvalue weighted by Gasteiger charge is 2.31. The largest absolute Gasteiger partial charge is 0.365 e. The van der Waals surface area contributed by atoms with Crippen molar-refractivity contribution < 1.29 is 0 Å². The van der Waals surface area contributed by atoms with Gasteiger partial charge in [-0.05, 0) is 24.1 Å². The van der Waals surface area contributed by atoms with Crippen LogP contribution in [0.5, 0.6) is 0 Å². The Hall–Kier alpha value is -0.540. The molecule has 74 valence electrons. The molecule has 1 saturated heterocycles. The predicted octanol–water partition coefficient (Wildman–Crippen LogP) is 1.78. The highest BCUT2D eigenvalue weighted by atomic mass is 79.9. The number of piperazine rings is 1. The zero-order valence-corrected chi connectivity index (χ0v) is 9.55. The van der Waals surface area contributed by atoms with Crippen LogP contribution in [0.4, 0.5) is 5.69 Å². The molecule has 1 atom stereocenters. The number of hydrogen-bond acceptors (Lipinski definition) is 2. The Morgan fingerprint density at radius 2 is 2.36 bits per heavy atom. The van der Waals surface area contributed by atoms with E-state index in [0.717, 1.165) is 19.6 Å². The summed E-state index contributed by atoms with van der Waals surface area (Å²) in [4.78, 5) is 2.54. The van der Waals surface area contributed by atoms with Crippen molar-refractivity contribution in [2.75, 3.05) is 24.5 Å². The quantitative estimate of drug-likeness (QED) is 0.758. The standard InChI is InChI=1S/C11H13BrN2/c12-10-2-1-3-11-9(10)6-8-7-13-4-5-14(8)11/h1-3,8,13H,4-7H2/t8-/m0/s1. The van der Waals surface area contributed by atoms with Crippen LogP contribution >= 0.6 is 15.9 Å². The normalized spacial score (nSPS) is 24.6. The molecule has 0 aliphatic carbocycles. The fourth-order valence-electron chi connectivity index (χ4n) is 2.51. The summed E-state index contributed by atoms with van der Waals surface area (Å²) < 4.78 is 1.27. The summed E-state index contributed by atoms with van der Waals surface area (Å²) in [6.07, 6.45) is 1.18. The Kier molecular flexibility index (Phi) is 2.03. The van der Waals surface area contributed by atoms with Gasteiger partial charge in [0.15, 0.2) is 0 Å². The van der Waals surface area contributed by atoms with Gasteiger partial charge < -0.3 is 10.2 Å². The lowest BCUT2D eigenvalue weighted by molar-refractivity contribution is 0.495. The van der Waals surface area contributed by atoms with Crippen LogP contribution in [0.1, 0.15) is 5.56 Å². The van der Waals surface area contributed by atoms with Crippen LogP contribution < -0.4 is 10.2 Å². The highest BCUT2D eigenvalue weighted by molar-refractivity contribution is 9.10. The molecule has 0 radical (unpaired) electrons. The number of nitrogens with one attached hydrogen (secondary N) is 1. The van der Waals surface area contributed by atoms with Gasteiger partial charge in [0.05, 0.1) is 0 Å². The van der Waals surface area contributed by atoms with Crippen molar-refractivity contribution in [3.05, 3.63) is 28.2 Å². The maximum Gasteiger partial charge on any atom is 0.0456 e. The number of halogens is 1. The monoisotopic (exact) mass is 252 g/mol. The van der Waals surface area contributed by atoms with Gasteiger partial charge in [-0.15, -0.1) is 0 Å². The number of nitrogens with zero attached hydrogens (tertiary/aromatic N) is 1. The van der Waals surface area contributed by atoms with E-state index in [4.69, 9.17) is 0 Å². The zero-order chi connectivity index (χ0) is 9.54. The molecule has 2 nitrogen and oxygen atoms in total. The second-order valence-corrected chi connectivity index (χ2v) is 4.85. The van der Waals surface area contributed by atoms with E-state index < -0.39 is 0 Å². The third kappa shape index (κ3) is 1.19. The molecule has 2 aliphatic heterocycles. The second kappa shape index (κ2) is 3.24. The highest BCUT2D eigenvalue weighted by Crippen LogP contribution is 2.36. The molecule has 0 aromatic heterocycles. The number of hydrogen-bond donors (Lipinski definition) is 1. The van der Waals surface area contributed by atoms with Gasteiger partial charge in [-0.2, -0.15) is 0 Å². The van der Waals surface area contributed by atoms with E-state index in [2.05, 4.69) is 44.3 Å². The Bertz CT molecular complexity index is 364. The van der Waals surface area contributed by atoms with E-state index in [-0.39, 0.29) is 0 Å². The molecular weight excluding hydrogens is 240 g/mol. The SMILES string of the molecule is Brc1cccc2c1C[C@H]1CNCCN21. The van der Waals surface area contributed by atoms with Crippen LogP contribution in [0.2, 0.25) is 0 Å².